The monoisotopic (exact) mass is 433 g/mol. The van der Waals surface area contributed by atoms with Crippen LogP contribution in [-0.4, -0.2) is 73.1 Å². The zero-order valence-electron chi connectivity index (χ0n) is 17.5. The maximum atomic E-state index is 13.2. The van der Waals surface area contributed by atoms with Gasteiger partial charge in [-0.25, -0.2) is 0 Å². The van der Waals surface area contributed by atoms with Crippen LogP contribution in [0.2, 0.25) is 5.02 Å². The Morgan fingerprint density at radius 3 is 2.37 bits per heavy atom. The van der Waals surface area contributed by atoms with Crippen molar-refractivity contribution in [2.75, 3.05) is 39.3 Å². The molecule has 1 N–H and O–H groups in total. The number of carbonyl (C=O) groups is 2. The van der Waals surface area contributed by atoms with Gasteiger partial charge in [0.25, 0.3) is 5.91 Å². The van der Waals surface area contributed by atoms with Crippen LogP contribution in [-0.2, 0) is 9.53 Å². The van der Waals surface area contributed by atoms with Crippen LogP contribution in [0.4, 0.5) is 0 Å². The van der Waals surface area contributed by atoms with Crippen molar-refractivity contribution in [2.45, 2.75) is 50.7 Å². The number of halogens is 1. The predicted octanol–water partition coefficient (Wildman–Crippen LogP) is 2.95. The van der Waals surface area contributed by atoms with E-state index in [1.165, 1.54) is 12.8 Å². The van der Waals surface area contributed by atoms with E-state index in [-0.39, 0.29) is 24.0 Å². The number of carbonyl (C=O) groups excluding carboxylic acids is 2. The van der Waals surface area contributed by atoms with E-state index in [1.54, 1.807) is 24.3 Å². The van der Waals surface area contributed by atoms with Crippen LogP contribution in [0.5, 0.6) is 0 Å². The van der Waals surface area contributed by atoms with Gasteiger partial charge >= 0.3 is 0 Å². The van der Waals surface area contributed by atoms with E-state index in [0.717, 1.165) is 45.4 Å². The molecule has 1 aromatic carbocycles. The summed E-state index contributed by atoms with van der Waals surface area (Å²) in [6, 6.07) is 6.95. The van der Waals surface area contributed by atoms with Gasteiger partial charge < -0.3 is 15.0 Å². The van der Waals surface area contributed by atoms with Crippen LogP contribution in [0.25, 0.3) is 0 Å². The van der Waals surface area contributed by atoms with Crippen LogP contribution >= 0.6 is 11.6 Å². The Balaban J connectivity index is 1.35. The van der Waals surface area contributed by atoms with Crippen molar-refractivity contribution in [3.63, 3.8) is 0 Å². The molecule has 30 heavy (non-hydrogen) atoms. The summed E-state index contributed by atoms with van der Waals surface area (Å²) < 4.78 is 5.66. The molecule has 2 heterocycles. The highest BCUT2D eigenvalue weighted by atomic mass is 35.5. The Kier molecular flexibility index (Phi) is 7.28. The zero-order valence-corrected chi connectivity index (χ0v) is 18.3. The summed E-state index contributed by atoms with van der Waals surface area (Å²) in [4.78, 5) is 30.1. The molecule has 3 aliphatic rings. The van der Waals surface area contributed by atoms with Gasteiger partial charge in [0.05, 0.1) is 12.1 Å². The van der Waals surface area contributed by atoms with Gasteiger partial charge in [-0.3, -0.25) is 14.5 Å². The van der Waals surface area contributed by atoms with Crippen molar-refractivity contribution in [1.29, 1.82) is 0 Å². The molecular weight excluding hydrogens is 402 g/mol. The van der Waals surface area contributed by atoms with Crippen LogP contribution < -0.4 is 5.32 Å². The first-order valence-corrected chi connectivity index (χ1v) is 11.7. The first kappa shape index (κ1) is 21.6. The molecule has 1 saturated carbocycles. The summed E-state index contributed by atoms with van der Waals surface area (Å²) >= 11 is 5.94. The van der Waals surface area contributed by atoms with Gasteiger partial charge in [-0.1, -0.05) is 24.4 Å². The fourth-order valence-electron chi connectivity index (χ4n) is 5.05. The Morgan fingerprint density at radius 2 is 1.73 bits per heavy atom. The number of nitrogens with one attached hydrogen (secondary N) is 1. The zero-order chi connectivity index (χ0) is 20.9. The number of ether oxygens (including phenoxy) is 1. The Labute approximate surface area is 183 Å². The van der Waals surface area contributed by atoms with Gasteiger partial charge in [0.15, 0.2) is 0 Å². The van der Waals surface area contributed by atoms with Crippen molar-refractivity contribution in [3.8, 4) is 0 Å². The topological polar surface area (TPSA) is 61.9 Å². The second kappa shape index (κ2) is 10.1. The minimum Gasteiger partial charge on any atom is -0.376 e. The largest absolute Gasteiger partial charge is 0.376 e. The lowest BCUT2D eigenvalue weighted by Gasteiger charge is -2.41. The van der Waals surface area contributed by atoms with Crippen molar-refractivity contribution in [2.24, 2.45) is 5.92 Å². The third kappa shape index (κ3) is 5.16. The number of amides is 2. The van der Waals surface area contributed by atoms with Crippen molar-refractivity contribution < 1.29 is 14.3 Å². The van der Waals surface area contributed by atoms with E-state index in [2.05, 4.69) is 10.2 Å². The summed E-state index contributed by atoms with van der Waals surface area (Å²) in [6.07, 6.45) is 6.90. The van der Waals surface area contributed by atoms with Gasteiger partial charge in [-0.15, -0.1) is 0 Å². The quantitative estimate of drug-likeness (QED) is 0.749. The first-order valence-electron chi connectivity index (χ1n) is 11.3. The summed E-state index contributed by atoms with van der Waals surface area (Å²) in [5.74, 6) is 0.578. The van der Waals surface area contributed by atoms with Gasteiger partial charge in [-0.05, 0) is 55.9 Å². The van der Waals surface area contributed by atoms with Crippen molar-refractivity contribution in [3.05, 3.63) is 34.9 Å². The molecule has 6 nitrogen and oxygen atoms in total. The molecular formula is C23H32ClN3O3. The summed E-state index contributed by atoms with van der Waals surface area (Å²) in [7, 11) is 0. The Hall–Kier alpha value is -1.63. The SMILES string of the molecule is O=C(NCC1CCCO1)C(C1CCCC1)N1CCN(C(=O)c2ccc(Cl)cc2)CC1. The lowest BCUT2D eigenvalue weighted by molar-refractivity contribution is -0.129. The highest BCUT2D eigenvalue weighted by molar-refractivity contribution is 6.30. The Bertz CT molecular complexity index is 722. The van der Waals surface area contributed by atoms with Crippen molar-refractivity contribution in [1.82, 2.24) is 15.1 Å². The normalized spacial score (nSPS) is 24.2. The minimum atomic E-state index is -0.0957. The third-order valence-electron chi connectivity index (χ3n) is 6.73. The van der Waals surface area contributed by atoms with Gasteiger partial charge in [-0.2, -0.15) is 0 Å². The lowest BCUT2D eigenvalue weighted by atomic mass is 9.94. The third-order valence-corrected chi connectivity index (χ3v) is 6.98. The lowest BCUT2D eigenvalue weighted by Crippen LogP contribution is -2.58. The fourth-order valence-corrected chi connectivity index (χ4v) is 5.18. The van der Waals surface area contributed by atoms with E-state index in [9.17, 15) is 9.59 Å². The molecule has 7 heteroatoms. The molecule has 1 aliphatic carbocycles. The molecule has 2 unspecified atom stereocenters. The second-order valence-electron chi connectivity index (χ2n) is 8.70. The molecule has 2 amide bonds. The molecule has 0 spiro atoms. The smallest absolute Gasteiger partial charge is 0.253 e. The van der Waals surface area contributed by atoms with E-state index in [4.69, 9.17) is 16.3 Å². The molecule has 0 bridgehead atoms. The molecule has 164 valence electrons. The van der Waals surface area contributed by atoms with Crippen LogP contribution in [0.15, 0.2) is 24.3 Å². The number of hydrogen-bond donors (Lipinski definition) is 1. The highest BCUT2D eigenvalue weighted by Gasteiger charge is 2.37. The van der Waals surface area contributed by atoms with Gasteiger partial charge in [0, 0.05) is 49.9 Å². The molecule has 2 saturated heterocycles. The van der Waals surface area contributed by atoms with E-state index in [1.807, 2.05) is 4.90 Å². The maximum absolute atomic E-state index is 13.2. The van der Waals surface area contributed by atoms with Crippen LogP contribution in [0.3, 0.4) is 0 Å². The van der Waals surface area contributed by atoms with Gasteiger partial charge in [0.1, 0.15) is 0 Å². The van der Waals surface area contributed by atoms with E-state index < -0.39 is 0 Å². The van der Waals surface area contributed by atoms with Crippen LogP contribution in [0.1, 0.15) is 48.9 Å². The molecule has 1 aromatic rings. The summed E-state index contributed by atoms with van der Waals surface area (Å²) in [5.41, 5.74) is 0.662. The highest BCUT2D eigenvalue weighted by Crippen LogP contribution is 2.31. The average molecular weight is 434 g/mol. The van der Waals surface area contributed by atoms with E-state index in [0.29, 0.717) is 36.1 Å². The number of benzene rings is 1. The standard InChI is InChI=1S/C23H32ClN3O3/c24-19-9-7-18(8-10-19)23(29)27-13-11-26(12-14-27)21(17-4-1-2-5-17)22(28)25-16-20-6-3-15-30-20/h7-10,17,20-21H,1-6,11-16H2,(H,25,28). The maximum Gasteiger partial charge on any atom is 0.253 e. The molecule has 2 aliphatic heterocycles. The Morgan fingerprint density at radius 1 is 1.03 bits per heavy atom. The number of nitrogens with zero attached hydrogens (tertiary/aromatic N) is 2. The average Bonchev–Trinajstić information content (AvgIpc) is 3.48. The molecule has 3 fully saturated rings. The number of hydrogen-bond acceptors (Lipinski definition) is 4. The number of piperazine rings is 1. The molecule has 4 rings (SSSR count). The second-order valence-corrected chi connectivity index (χ2v) is 9.14. The van der Waals surface area contributed by atoms with Gasteiger partial charge in [0.2, 0.25) is 5.91 Å². The minimum absolute atomic E-state index is 0.0339. The van der Waals surface area contributed by atoms with Crippen molar-refractivity contribution >= 4 is 23.4 Å². The van der Waals surface area contributed by atoms with E-state index >= 15 is 0 Å². The molecule has 0 aromatic heterocycles. The van der Waals surface area contributed by atoms with Crippen LogP contribution in [0, 0.1) is 5.92 Å². The molecule has 2 atom stereocenters. The predicted molar refractivity (Wildman–Crippen MR) is 117 cm³/mol. The molecule has 0 radical (unpaired) electrons. The fraction of sp³-hybridized carbons (Fsp3) is 0.652. The number of rotatable bonds is 6. The summed E-state index contributed by atoms with van der Waals surface area (Å²) in [5, 5.41) is 3.79. The summed E-state index contributed by atoms with van der Waals surface area (Å²) in [6.45, 7) is 4.16. The first-order chi connectivity index (χ1) is 14.6.